The predicted molar refractivity (Wildman–Crippen MR) is 124 cm³/mol. The van der Waals surface area contributed by atoms with Crippen molar-refractivity contribution in [1.82, 2.24) is 4.90 Å². The van der Waals surface area contributed by atoms with Crippen LogP contribution in [0.15, 0.2) is 72.8 Å². The molecule has 168 valence electrons. The van der Waals surface area contributed by atoms with Gasteiger partial charge in [0, 0.05) is 29.2 Å². The van der Waals surface area contributed by atoms with Gasteiger partial charge in [-0.25, -0.2) is 0 Å². The zero-order valence-electron chi connectivity index (χ0n) is 17.5. The van der Waals surface area contributed by atoms with Crippen LogP contribution in [-0.4, -0.2) is 29.1 Å². The van der Waals surface area contributed by atoms with Crippen molar-refractivity contribution in [3.63, 3.8) is 0 Å². The van der Waals surface area contributed by atoms with E-state index >= 15 is 0 Å². The lowest BCUT2D eigenvalue weighted by atomic mass is 9.94. The zero-order valence-corrected chi connectivity index (χ0v) is 18.3. The zero-order chi connectivity index (χ0) is 23.2. The topological polar surface area (TPSA) is 40.5 Å². The van der Waals surface area contributed by atoms with Gasteiger partial charge in [-0.3, -0.25) is 9.69 Å². The number of likely N-dealkylation sites (tertiary alicyclic amines) is 1. The molecule has 0 atom stereocenters. The lowest BCUT2D eigenvalue weighted by molar-refractivity contribution is -0.147. The first-order chi connectivity index (χ1) is 15.8. The number of carboxylic acids is 1. The van der Waals surface area contributed by atoms with E-state index in [-0.39, 0.29) is 11.5 Å². The number of alkyl halides is 3. The van der Waals surface area contributed by atoms with Gasteiger partial charge < -0.3 is 5.11 Å². The molecule has 1 aliphatic rings. The second-order valence-corrected chi connectivity index (χ2v) is 9.49. The number of halogens is 3. The van der Waals surface area contributed by atoms with Crippen LogP contribution in [-0.2, 0) is 17.5 Å². The second-order valence-electron chi connectivity index (χ2n) is 8.32. The van der Waals surface area contributed by atoms with E-state index < -0.39 is 17.7 Å². The molecule has 5 rings (SSSR count). The molecule has 0 radical (unpaired) electrons. The second kappa shape index (κ2) is 8.32. The Bertz CT molecular complexity index is 1320. The quantitative estimate of drug-likeness (QED) is 0.352. The maximum atomic E-state index is 13.9. The Kier molecular flexibility index (Phi) is 5.46. The SMILES string of the molecule is O=C(O)C1CN(Cc2cc3cc(-c4ccc(-c5ccccc5)c(C(F)(F)F)c4)ccc3s2)C1. The fourth-order valence-electron chi connectivity index (χ4n) is 4.26. The van der Waals surface area contributed by atoms with Crippen molar-refractivity contribution in [2.45, 2.75) is 12.7 Å². The summed E-state index contributed by atoms with van der Waals surface area (Å²) >= 11 is 1.63. The minimum absolute atomic E-state index is 0.167. The maximum absolute atomic E-state index is 13.9. The third-order valence-corrected chi connectivity index (χ3v) is 7.10. The number of aliphatic carboxylic acids is 1. The first-order valence-corrected chi connectivity index (χ1v) is 11.3. The number of carbonyl (C=O) groups is 1. The van der Waals surface area contributed by atoms with E-state index in [1.807, 2.05) is 24.3 Å². The molecule has 0 amide bonds. The van der Waals surface area contributed by atoms with E-state index in [1.165, 1.54) is 6.07 Å². The lowest BCUT2D eigenvalue weighted by Crippen LogP contribution is -2.49. The highest BCUT2D eigenvalue weighted by Gasteiger charge is 2.34. The molecule has 0 unspecified atom stereocenters. The first kappa shape index (κ1) is 21.7. The molecule has 33 heavy (non-hydrogen) atoms. The number of carboxylic acid groups (broad SMARTS) is 1. The normalized spacial score (nSPS) is 15.0. The molecule has 0 aliphatic carbocycles. The van der Waals surface area contributed by atoms with Crippen molar-refractivity contribution in [1.29, 1.82) is 0 Å². The van der Waals surface area contributed by atoms with Crippen LogP contribution in [0.3, 0.4) is 0 Å². The van der Waals surface area contributed by atoms with Gasteiger partial charge in [-0.2, -0.15) is 13.2 Å². The Morgan fingerprint density at radius 3 is 2.33 bits per heavy atom. The summed E-state index contributed by atoms with van der Waals surface area (Å²) in [4.78, 5) is 14.2. The molecule has 1 aliphatic heterocycles. The van der Waals surface area contributed by atoms with Gasteiger partial charge in [0.2, 0.25) is 0 Å². The van der Waals surface area contributed by atoms with Crippen LogP contribution in [0, 0.1) is 5.92 Å². The third-order valence-electron chi connectivity index (χ3n) is 6.00. The van der Waals surface area contributed by atoms with Gasteiger partial charge in [0.25, 0.3) is 0 Å². The van der Waals surface area contributed by atoms with Gasteiger partial charge in [0.1, 0.15) is 0 Å². The Hall–Kier alpha value is -3.16. The van der Waals surface area contributed by atoms with E-state index in [1.54, 1.807) is 53.8 Å². The number of rotatable bonds is 5. The molecule has 0 saturated carbocycles. The average Bonchev–Trinajstić information content (AvgIpc) is 3.17. The molecule has 0 bridgehead atoms. The van der Waals surface area contributed by atoms with Crippen LogP contribution < -0.4 is 0 Å². The van der Waals surface area contributed by atoms with E-state index in [2.05, 4.69) is 4.90 Å². The van der Waals surface area contributed by atoms with Crippen LogP contribution in [0.25, 0.3) is 32.3 Å². The number of hydrogen-bond donors (Lipinski definition) is 1. The predicted octanol–water partition coefficient (Wildman–Crippen LogP) is 6.77. The van der Waals surface area contributed by atoms with Crippen molar-refractivity contribution >= 4 is 27.4 Å². The first-order valence-electron chi connectivity index (χ1n) is 10.5. The largest absolute Gasteiger partial charge is 0.481 e. The van der Waals surface area contributed by atoms with Gasteiger partial charge in [0.05, 0.1) is 11.5 Å². The molecule has 3 aromatic carbocycles. The summed E-state index contributed by atoms with van der Waals surface area (Å²) < 4.78 is 42.7. The highest BCUT2D eigenvalue weighted by Crippen LogP contribution is 2.40. The van der Waals surface area contributed by atoms with Crippen molar-refractivity contribution in [2.75, 3.05) is 13.1 Å². The standard InChI is InChI=1S/C26H20F3NO2S/c27-26(28,29)23-12-18(6-8-22(23)16-4-2-1-3-5-16)17-7-9-24-19(10-17)11-21(33-24)15-30-13-20(14-30)25(31)32/h1-12,20H,13-15H2,(H,31,32). The van der Waals surface area contributed by atoms with Crippen molar-refractivity contribution < 1.29 is 23.1 Å². The Balaban J connectivity index is 1.44. The Morgan fingerprint density at radius 1 is 0.939 bits per heavy atom. The van der Waals surface area contributed by atoms with Gasteiger partial charge in [-0.15, -0.1) is 11.3 Å². The minimum atomic E-state index is -4.47. The number of benzene rings is 3. The average molecular weight is 468 g/mol. The molecule has 4 aromatic rings. The highest BCUT2D eigenvalue weighted by atomic mass is 32.1. The number of nitrogens with zero attached hydrogens (tertiary/aromatic N) is 1. The third kappa shape index (κ3) is 4.38. The fraction of sp³-hybridized carbons (Fsp3) is 0.192. The summed E-state index contributed by atoms with van der Waals surface area (Å²) in [7, 11) is 0. The maximum Gasteiger partial charge on any atom is 0.417 e. The van der Waals surface area contributed by atoms with Crippen LogP contribution in [0.4, 0.5) is 13.2 Å². The molecule has 1 saturated heterocycles. The van der Waals surface area contributed by atoms with Crippen LogP contribution in [0.5, 0.6) is 0 Å². The molecule has 1 aromatic heterocycles. The van der Waals surface area contributed by atoms with Crippen LogP contribution in [0.1, 0.15) is 10.4 Å². The van der Waals surface area contributed by atoms with Crippen molar-refractivity contribution in [3.05, 3.63) is 83.2 Å². The molecule has 3 nitrogen and oxygen atoms in total. The van der Waals surface area contributed by atoms with Crippen molar-refractivity contribution in [3.8, 4) is 22.3 Å². The fourth-order valence-corrected chi connectivity index (χ4v) is 5.35. The highest BCUT2D eigenvalue weighted by molar-refractivity contribution is 7.19. The molecule has 0 spiro atoms. The molecule has 7 heteroatoms. The molecule has 1 fully saturated rings. The summed E-state index contributed by atoms with van der Waals surface area (Å²) in [5.41, 5.74) is 1.30. The summed E-state index contributed by atoms with van der Waals surface area (Å²) in [6.07, 6.45) is -4.47. The van der Waals surface area contributed by atoms with E-state index in [0.29, 0.717) is 30.8 Å². The van der Waals surface area contributed by atoms with Gasteiger partial charge in [-0.1, -0.05) is 48.5 Å². The van der Waals surface area contributed by atoms with Gasteiger partial charge in [0.15, 0.2) is 0 Å². The molecule has 1 N–H and O–H groups in total. The summed E-state index contributed by atoms with van der Waals surface area (Å²) in [5.74, 6) is -1.06. The molecular formula is C26H20F3NO2S. The molecular weight excluding hydrogens is 447 g/mol. The Morgan fingerprint density at radius 2 is 1.64 bits per heavy atom. The minimum Gasteiger partial charge on any atom is -0.481 e. The number of thiophene rings is 1. The van der Waals surface area contributed by atoms with Gasteiger partial charge in [-0.05, 0) is 51.9 Å². The molecule has 2 heterocycles. The van der Waals surface area contributed by atoms with E-state index in [0.717, 1.165) is 20.5 Å². The smallest absolute Gasteiger partial charge is 0.417 e. The van der Waals surface area contributed by atoms with E-state index in [9.17, 15) is 18.0 Å². The van der Waals surface area contributed by atoms with Crippen LogP contribution in [0.2, 0.25) is 0 Å². The monoisotopic (exact) mass is 467 g/mol. The summed E-state index contributed by atoms with van der Waals surface area (Å²) in [6, 6.07) is 20.9. The van der Waals surface area contributed by atoms with Gasteiger partial charge >= 0.3 is 12.1 Å². The van der Waals surface area contributed by atoms with Crippen molar-refractivity contribution in [2.24, 2.45) is 5.92 Å². The lowest BCUT2D eigenvalue weighted by Gasteiger charge is -2.36. The summed E-state index contributed by atoms with van der Waals surface area (Å²) in [5, 5.41) is 10.0. The summed E-state index contributed by atoms with van der Waals surface area (Å²) in [6.45, 7) is 1.77. The van der Waals surface area contributed by atoms with E-state index in [4.69, 9.17) is 5.11 Å². The Labute approximate surface area is 192 Å². The van der Waals surface area contributed by atoms with Crippen LogP contribution >= 0.6 is 11.3 Å². The number of hydrogen-bond acceptors (Lipinski definition) is 3. The number of fused-ring (bicyclic) bond motifs is 1.